The summed E-state index contributed by atoms with van der Waals surface area (Å²) in [5.41, 5.74) is 1.33. The van der Waals surface area contributed by atoms with Crippen molar-refractivity contribution in [3.63, 3.8) is 0 Å². The maximum Gasteiger partial charge on any atom is 0.225 e. The topological polar surface area (TPSA) is 66.5 Å². The molecule has 2 aromatic heterocycles. The molecule has 2 aromatic rings. The number of rotatable bonds is 4. The molecule has 0 aliphatic rings. The molecule has 0 aromatic carbocycles. The van der Waals surface area contributed by atoms with Crippen molar-refractivity contribution < 1.29 is 0 Å². The average Bonchev–Trinajstić information content (AvgIpc) is 2.88. The highest BCUT2D eigenvalue weighted by molar-refractivity contribution is 7.09. The molecule has 5 nitrogen and oxygen atoms in total. The van der Waals surface area contributed by atoms with Gasteiger partial charge < -0.3 is 10.3 Å². The standard InChI is InChI=1S/C9H13N5S/c1-9(2,7-3-4-10-5-7)6-11-8-12-13-14-15-8/h3-5,10H,6H2,1-2H3,(H,11,12,14). The third-order valence-corrected chi connectivity index (χ3v) is 2.91. The molecule has 2 heterocycles. The van der Waals surface area contributed by atoms with Crippen LogP contribution in [0.15, 0.2) is 18.5 Å². The Morgan fingerprint density at radius 2 is 2.40 bits per heavy atom. The fourth-order valence-electron chi connectivity index (χ4n) is 1.35. The summed E-state index contributed by atoms with van der Waals surface area (Å²) < 4.78 is 3.70. The smallest absolute Gasteiger partial charge is 0.225 e. The summed E-state index contributed by atoms with van der Waals surface area (Å²) in [7, 11) is 0. The Balaban J connectivity index is 1.99. The van der Waals surface area contributed by atoms with E-state index in [1.165, 1.54) is 17.1 Å². The van der Waals surface area contributed by atoms with Gasteiger partial charge in [0.05, 0.1) is 0 Å². The third kappa shape index (κ3) is 2.33. The zero-order valence-corrected chi connectivity index (χ0v) is 9.51. The van der Waals surface area contributed by atoms with Crippen LogP contribution in [0.25, 0.3) is 0 Å². The number of hydrogen-bond donors (Lipinski definition) is 2. The Hall–Kier alpha value is -1.43. The minimum absolute atomic E-state index is 0.0612. The molecular weight excluding hydrogens is 210 g/mol. The second-order valence-corrected chi connectivity index (χ2v) is 4.74. The Bertz CT molecular complexity index is 392. The van der Waals surface area contributed by atoms with Crippen molar-refractivity contribution in [3.8, 4) is 0 Å². The number of H-pyrrole nitrogens is 1. The average molecular weight is 223 g/mol. The third-order valence-electron chi connectivity index (χ3n) is 2.36. The summed E-state index contributed by atoms with van der Waals surface area (Å²) in [6, 6.07) is 2.08. The van der Waals surface area contributed by atoms with Crippen molar-refractivity contribution in [3.05, 3.63) is 24.0 Å². The highest BCUT2D eigenvalue weighted by Gasteiger charge is 2.21. The van der Waals surface area contributed by atoms with Gasteiger partial charge in [-0.3, -0.25) is 0 Å². The Kier molecular flexibility index (Phi) is 2.68. The van der Waals surface area contributed by atoms with Crippen LogP contribution in [-0.4, -0.2) is 26.3 Å². The highest BCUT2D eigenvalue weighted by Crippen LogP contribution is 2.23. The second kappa shape index (κ2) is 3.98. The first-order valence-corrected chi connectivity index (χ1v) is 5.48. The monoisotopic (exact) mass is 223 g/mol. The molecule has 15 heavy (non-hydrogen) atoms. The van der Waals surface area contributed by atoms with Crippen LogP contribution < -0.4 is 5.32 Å². The van der Waals surface area contributed by atoms with E-state index in [1.54, 1.807) is 0 Å². The second-order valence-electron chi connectivity index (χ2n) is 4.00. The van der Waals surface area contributed by atoms with E-state index in [-0.39, 0.29) is 5.41 Å². The van der Waals surface area contributed by atoms with E-state index in [9.17, 15) is 0 Å². The van der Waals surface area contributed by atoms with Gasteiger partial charge in [0.1, 0.15) is 0 Å². The molecule has 0 saturated heterocycles. The first kappa shape index (κ1) is 10.1. The van der Waals surface area contributed by atoms with Crippen molar-refractivity contribution in [1.29, 1.82) is 0 Å². The summed E-state index contributed by atoms with van der Waals surface area (Å²) >= 11 is 1.27. The molecule has 0 spiro atoms. The summed E-state index contributed by atoms with van der Waals surface area (Å²) in [6.07, 6.45) is 3.95. The highest BCUT2D eigenvalue weighted by atomic mass is 32.1. The lowest BCUT2D eigenvalue weighted by atomic mass is 9.86. The molecule has 0 radical (unpaired) electrons. The molecule has 0 fully saturated rings. The normalized spacial score (nSPS) is 11.6. The van der Waals surface area contributed by atoms with Crippen LogP contribution in [-0.2, 0) is 5.41 Å². The van der Waals surface area contributed by atoms with E-state index in [2.05, 4.69) is 45.0 Å². The first-order chi connectivity index (χ1) is 7.18. The van der Waals surface area contributed by atoms with Gasteiger partial charge in [-0.15, -0.1) is 0 Å². The van der Waals surface area contributed by atoms with Crippen LogP contribution in [0.4, 0.5) is 5.13 Å². The summed E-state index contributed by atoms with van der Waals surface area (Å²) in [4.78, 5) is 3.06. The number of aromatic nitrogens is 4. The number of nitrogens with zero attached hydrogens (tertiary/aromatic N) is 3. The maximum absolute atomic E-state index is 3.84. The van der Waals surface area contributed by atoms with Crippen LogP contribution in [0.5, 0.6) is 0 Å². The molecule has 0 aliphatic carbocycles. The van der Waals surface area contributed by atoms with Gasteiger partial charge in [-0.25, -0.2) is 0 Å². The molecular formula is C9H13N5S. The minimum Gasteiger partial charge on any atom is -0.367 e. The van der Waals surface area contributed by atoms with E-state index in [1.807, 2.05) is 12.4 Å². The van der Waals surface area contributed by atoms with Gasteiger partial charge in [0, 0.05) is 35.9 Å². The molecule has 0 saturated carbocycles. The van der Waals surface area contributed by atoms with Gasteiger partial charge in [-0.2, -0.15) is 0 Å². The summed E-state index contributed by atoms with van der Waals surface area (Å²) in [5, 5.41) is 11.4. The molecule has 0 aliphatic heterocycles. The maximum atomic E-state index is 3.84. The summed E-state index contributed by atoms with van der Waals surface area (Å²) in [5.74, 6) is 0. The number of hydrogen-bond acceptors (Lipinski definition) is 5. The quantitative estimate of drug-likeness (QED) is 0.827. The van der Waals surface area contributed by atoms with Crippen LogP contribution in [0.1, 0.15) is 19.4 Å². The van der Waals surface area contributed by atoms with E-state index >= 15 is 0 Å². The lowest BCUT2D eigenvalue weighted by Gasteiger charge is -2.23. The summed E-state index contributed by atoms with van der Waals surface area (Å²) in [6.45, 7) is 5.16. The van der Waals surface area contributed by atoms with Gasteiger partial charge in [0.15, 0.2) is 0 Å². The molecule has 2 N–H and O–H groups in total. The van der Waals surface area contributed by atoms with Crippen molar-refractivity contribution in [1.82, 2.24) is 19.8 Å². The van der Waals surface area contributed by atoms with E-state index in [0.29, 0.717) is 0 Å². The Morgan fingerprint density at radius 1 is 1.53 bits per heavy atom. The van der Waals surface area contributed by atoms with E-state index in [4.69, 9.17) is 0 Å². The first-order valence-electron chi connectivity index (χ1n) is 4.71. The molecule has 0 amide bonds. The SMILES string of the molecule is CC(C)(CNc1nnns1)c1cc[nH]c1. The molecule has 80 valence electrons. The van der Waals surface area contributed by atoms with Crippen LogP contribution in [0.2, 0.25) is 0 Å². The zero-order chi connectivity index (χ0) is 10.7. The van der Waals surface area contributed by atoms with Crippen molar-refractivity contribution in [2.24, 2.45) is 0 Å². The predicted octanol–water partition coefficient (Wildman–Crippen LogP) is 1.65. The largest absolute Gasteiger partial charge is 0.367 e. The fraction of sp³-hybridized carbons (Fsp3) is 0.444. The minimum atomic E-state index is 0.0612. The Morgan fingerprint density at radius 3 is 3.00 bits per heavy atom. The van der Waals surface area contributed by atoms with Crippen molar-refractivity contribution >= 4 is 16.7 Å². The van der Waals surface area contributed by atoms with Crippen LogP contribution in [0, 0.1) is 0 Å². The molecule has 2 rings (SSSR count). The van der Waals surface area contributed by atoms with Crippen molar-refractivity contribution in [2.45, 2.75) is 19.3 Å². The zero-order valence-electron chi connectivity index (χ0n) is 8.69. The van der Waals surface area contributed by atoms with Gasteiger partial charge in [0.2, 0.25) is 5.13 Å². The van der Waals surface area contributed by atoms with Gasteiger partial charge in [-0.1, -0.05) is 23.4 Å². The van der Waals surface area contributed by atoms with Crippen LogP contribution >= 0.6 is 11.5 Å². The molecule has 6 heteroatoms. The van der Waals surface area contributed by atoms with Gasteiger partial charge in [-0.05, 0) is 16.8 Å². The predicted molar refractivity (Wildman–Crippen MR) is 60.0 cm³/mol. The van der Waals surface area contributed by atoms with Gasteiger partial charge in [0.25, 0.3) is 0 Å². The Labute approximate surface area is 92.1 Å². The fourth-order valence-corrected chi connectivity index (χ4v) is 1.71. The van der Waals surface area contributed by atoms with E-state index < -0.39 is 0 Å². The molecule has 0 atom stereocenters. The molecule has 0 bridgehead atoms. The number of nitrogens with one attached hydrogen (secondary N) is 2. The van der Waals surface area contributed by atoms with Gasteiger partial charge >= 0.3 is 0 Å². The lowest BCUT2D eigenvalue weighted by molar-refractivity contribution is 0.557. The molecule has 0 unspecified atom stereocenters. The lowest BCUT2D eigenvalue weighted by Crippen LogP contribution is -2.27. The van der Waals surface area contributed by atoms with E-state index in [0.717, 1.165) is 11.7 Å². The number of aromatic amines is 1. The number of anilines is 1. The van der Waals surface area contributed by atoms with Crippen LogP contribution in [0.3, 0.4) is 0 Å². The van der Waals surface area contributed by atoms with Crippen molar-refractivity contribution in [2.75, 3.05) is 11.9 Å².